The van der Waals surface area contributed by atoms with Crippen LogP contribution in [0.3, 0.4) is 0 Å². The van der Waals surface area contributed by atoms with Crippen molar-refractivity contribution in [3.63, 3.8) is 0 Å². The second kappa shape index (κ2) is 4.79. The third-order valence-electron chi connectivity index (χ3n) is 1.82. The van der Waals surface area contributed by atoms with Gasteiger partial charge in [0.15, 0.2) is 0 Å². The van der Waals surface area contributed by atoms with E-state index >= 15 is 0 Å². The number of aromatic carboxylic acids is 1. The highest BCUT2D eigenvalue weighted by molar-refractivity contribution is 5.93. The van der Waals surface area contributed by atoms with Gasteiger partial charge in [-0.15, -0.1) is 6.42 Å². The number of nitro benzene ring substituents is 1. The predicted molar refractivity (Wildman–Crippen MR) is 57.4 cm³/mol. The maximum atomic E-state index is 10.8. The molecule has 2 N–H and O–H groups in total. The average Bonchev–Trinajstić information content (AvgIpc) is 2.25. The largest absolute Gasteiger partial charge is 0.477 e. The topological polar surface area (TPSA) is 92.5 Å². The number of nitrogens with one attached hydrogen (secondary N) is 1. The number of carboxylic acid groups (broad SMARTS) is 1. The van der Waals surface area contributed by atoms with E-state index in [0.717, 1.165) is 6.07 Å². The molecule has 16 heavy (non-hydrogen) atoms. The van der Waals surface area contributed by atoms with Gasteiger partial charge in [-0.05, 0) is 12.1 Å². The second-order valence-corrected chi connectivity index (χ2v) is 2.85. The summed E-state index contributed by atoms with van der Waals surface area (Å²) in [4.78, 5) is 20.6. The average molecular weight is 220 g/mol. The fraction of sp³-hybridized carbons (Fsp3) is 0.100. The number of anilines is 1. The van der Waals surface area contributed by atoms with Crippen LogP contribution in [0.2, 0.25) is 0 Å². The van der Waals surface area contributed by atoms with Gasteiger partial charge >= 0.3 is 5.97 Å². The molecule has 6 nitrogen and oxygen atoms in total. The van der Waals surface area contributed by atoms with E-state index in [-0.39, 0.29) is 12.1 Å². The van der Waals surface area contributed by atoms with Crippen molar-refractivity contribution in [1.82, 2.24) is 0 Å². The summed E-state index contributed by atoms with van der Waals surface area (Å²) < 4.78 is 0. The first-order chi connectivity index (χ1) is 7.56. The molecule has 1 aromatic rings. The summed E-state index contributed by atoms with van der Waals surface area (Å²) in [5.74, 6) is 0.959. The molecule has 0 unspecified atom stereocenters. The maximum Gasteiger partial charge on any atom is 0.342 e. The highest BCUT2D eigenvalue weighted by atomic mass is 16.6. The highest BCUT2D eigenvalue weighted by Crippen LogP contribution is 2.22. The van der Waals surface area contributed by atoms with Gasteiger partial charge in [-0.2, -0.15) is 0 Å². The van der Waals surface area contributed by atoms with Crippen molar-refractivity contribution < 1.29 is 14.8 Å². The number of hydrogen-bond donors (Lipinski definition) is 2. The molecule has 0 saturated carbocycles. The Labute approximate surface area is 91.0 Å². The molecule has 6 heteroatoms. The molecule has 0 aliphatic rings. The lowest BCUT2D eigenvalue weighted by Crippen LogP contribution is -2.05. The molecule has 1 rings (SSSR count). The Morgan fingerprint density at radius 3 is 2.81 bits per heavy atom. The van der Waals surface area contributed by atoms with Gasteiger partial charge in [0.2, 0.25) is 0 Å². The maximum absolute atomic E-state index is 10.8. The van der Waals surface area contributed by atoms with Gasteiger partial charge in [0, 0.05) is 11.8 Å². The molecule has 1 aromatic carbocycles. The SMILES string of the molecule is C#CCNc1ccc([N+](=O)[O-])c(C(=O)O)c1. The van der Waals surface area contributed by atoms with E-state index in [9.17, 15) is 14.9 Å². The molecule has 0 aromatic heterocycles. The molecule has 0 aliphatic carbocycles. The Balaban J connectivity index is 3.13. The van der Waals surface area contributed by atoms with Crippen molar-refractivity contribution in [3.8, 4) is 12.3 Å². The second-order valence-electron chi connectivity index (χ2n) is 2.85. The number of rotatable bonds is 4. The fourth-order valence-electron chi connectivity index (χ4n) is 1.13. The van der Waals surface area contributed by atoms with Gasteiger partial charge in [0.1, 0.15) is 5.56 Å². The predicted octanol–water partition coefficient (Wildman–Crippen LogP) is 1.34. The molecule has 82 valence electrons. The third kappa shape index (κ3) is 2.48. The van der Waals surface area contributed by atoms with Crippen LogP contribution in [0.1, 0.15) is 10.4 Å². The van der Waals surface area contributed by atoms with E-state index in [4.69, 9.17) is 11.5 Å². The Bertz CT molecular complexity index is 476. The molecule has 0 aliphatic heterocycles. The van der Waals surface area contributed by atoms with Crippen molar-refractivity contribution in [2.45, 2.75) is 0 Å². The van der Waals surface area contributed by atoms with Crippen LogP contribution in [0.4, 0.5) is 11.4 Å². The van der Waals surface area contributed by atoms with E-state index in [1.165, 1.54) is 12.1 Å². The molecule has 0 atom stereocenters. The Morgan fingerprint density at radius 1 is 1.62 bits per heavy atom. The van der Waals surface area contributed by atoms with Gasteiger partial charge in [-0.25, -0.2) is 4.79 Å². The zero-order valence-electron chi connectivity index (χ0n) is 8.14. The monoisotopic (exact) mass is 220 g/mol. The van der Waals surface area contributed by atoms with Crippen molar-refractivity contribution in [1.29, 1.82) is 0 Å². The van der Waals surface area contributed by atoms with Gasteiger partial charge in [-0.3, -0.25) is 10.1 Å². The minimum absolute atomic E-state index is 0.219. The lowest BCUT2D eigenvalue weighted by Gasteiger charge is -2.04. The number of carbonyl (C=O) groups is 1. The van der Waals surface area contributed by atoms with Gasteiger partial charge in [0.25, 0.3) is 5.69 Å². The number of nitrogens with zero attached hydrogens (tertiary/aromatic N) is 1. The molecule has 0 heterocycles. The van der Waals surface area contributed by atoms with Crippen LogP contribution in [0, 0.1) is 22.5 Å². The highest BCUT2D eigenvalue weighted by Gasteiger charge is 2.19. The zero-order valence-corrected chi connectivity index (χ0v) is 8.14. The standard InChI is InChI=1S/C10H8N2O4/c1-2-5-11-7-3-4-9(12(15)16)8(6-7)10(13)14/h1,3-4,6,11H,5H2,(H,13,14). The van der Waals surface area contributed by atoms with Gasteiger partial charge < -0.3 is 10.4 Å². The van der Waals surface area contributed by atoms with E-state index in [1.54, 1.807) is 0 Å². The van der Waals surface area contributed by atoms with Crippen molar-refractivity contribution in [2.75, 3.05) is 11.9 Å². The number of terminal acetylenes is 1. The first-order valence-electron chi connectivity index (χ1n) is 4.25. The molecule has 0 bridgehead atoms. The summed E-state index contributed by atoms with van der Waals surface area (Å²) in [6.45, 7) is 0.219. The molecule has 0 amide bonds. The van der Waals surface area contributed by atoms with E-state index < -0.39 is 16.6 Å². The number of hydrogen-bond acceptors (Lipinski definition) is 4. The van der Waals surface area contributed by atoms with Crippen LogP contribution in [0.25, 0.3) is 0 Å². The minimum Gasteiger partial charge on any atom is -0.477 e. The summed E-state index contributed by atoms with van der Waals surface area (Å²) in [5, 5.41) is 22.1. The van der Waals surface area contributed by atoms with Crippen molar-refractivity contribution >= 4 is 17.3 Å². The first-order valence-corrected chi connectivity index (χ1v) is 4.25. The molecular formula is C10H8N2O4. The summed E-state index contributed by atoms with van der Waals surface area (Å²) >= 11 is 0. The molecular weight excluding hydrogens is 212 g/mol. The van der Waals surface area contributed by atoms with Gasteiger partial charge in [0.05, 0.1) is 11.5 Å². The number of carboxylic acids is 1. The summed E-state index contributed by atoms with van der Waals surface area (Å²) in [7, 11) is 0. The number of benzene rings is 1. The van der Waals surface area contributed by atoms with E-state index in [1.807, 2.05) is 0 Å². The lowest BCUT2D eigenvalue weighted by atomic mass is 10.1. The van der Waals surface area contributed by atoms with Crippen molar-refractivity contribution in [2.24, 2.45) is 0 Å². The number of nitro groups is 1. The smallest absolute Gasteiger partial charge is 0.342 e. The zero-order chi connectivity index (χ0) is 12.1. The first kappa shape index (κ1) is 11.5. The summed E-state index contributed by atoms with van der Waals surface area (Å²) in [5.41, 5.74) is -0.383. The molecule has 0 radical (unpaired) electrons. The van der Waals surface area contributed by atoms with Crippen LogP contribution in [0.5, 0.6) is 0 Å². The third-order valence-corrected chi connectivity index (χ3v) is 1.82. The Hall–Kier alpha value is -2.55. The lowest BCUT2D eigenvalue weighted by molar-refractivity contribution is -0.385. The quantitative estimate of drug-likeness (QED) is 0.453. The summed E-state index contributed by atoms with van der Waals surface area (Å²) in [6.07, 6.45) is 5.02. The minimum atomic E-state index is -1.35. The van der Waals surface area contributed by atoms with Crippen LogP contribution in [0.15, 0.2) is 18.2 Å². The Morgan fingerprint density at radius 2 is 2.31 bits per heavy atom. The van der Waals surface area contributed by atoms with Crippen molar-refractivity contribution in [3.05, 3.63) is 33.9 Å². The Kier molecular flexibility index (Phi) is 3.45. The van der Waals surface area contributed by atoms with E-state index in [0.29, 0.717) is 5.69 Å². The van der Waals surface area contributed by atoms with Crippen LogP contribution < -0.4 is 5.32 Å². The molecule has 0 spiro atoms. The van der Waals surface area contributed by atoms with Crippen LogP contribution >= 0.6 is 0 Å². The van der Waals surface area contributed by atoms with Crippen LogP contribution in [-0.4, -0.2) is 22.5 Å². The molecule has 0 fully saturated rings. The molecule has 0 saturated heterocycles. The van der Waals surface area contributed by atoms with E-state index in [2.05, 4.69) is 11.2 Å². The normalized spacial score (nSPS) is 9.19. The fourth-order valence-corrected chi connectivity index (χ4v) is 1.13. The van der Waals surface area contributed by atoms with Crippen LogP contribution in [-0.2, 0) is 0 Å². The van der Waals surface area contributed by atoms with Gasteiger partial charge in [-0.1, -0.05) is 5.92 Å². The summed E-state index contributed by atoms with van der Waals surface area (Å²) in [6, 6.07) is 3.71.